The Balaban J connectivity index is 1.72. The Labute approximate surface area is 126 Å². The highest BCUT2D eigenvalue weighted by Gasteiger charge is 2.16. The van der Waals surface area contributed by atoms with Crippen LogP contribution in [-0.4, -0.2) is 10.9 Å². The molecule has 0 spiro atoms. The smallest absolute Gasteiger partial charge is 0.291 e. The van der Waals surface area contributed by atoms with Crippen LogP contribution in [0.2, 0.25) is 0 Å². The molecule has 0 aliphatic carbocycles. The monoisotopic (exact) mass is 290 g/mol. The van der Waals surface area contributed by atoms with Crippen molar-refractivity contribution in [1.82, 2.24) is 4.98 Å². The largest absolute Gasteiger partial charge is 0.451 e. The minimum absolute atomic E-state index is 0.246. The van der Waals surface area contributed by atoms with Gasteiger partial charge in [0.2, 0.25) is 0 Å². The molecule has 1 amide bonds. The maximum atomic E-state index is 12.5. The maximum Gasteiger partial charge on any atom is 0.291 e. The van der Waals surface area contributed by atoms with E-state index >= 15 is 0 Å². The number of hydrogen-bond donors (Lipinski definition) is 2. The Kier molecular flexibility index (Phi) is 2.76. The molecule has 0 saturated heterocycles. The third-order valence-electron chi connectivity index (χ3n) is 3.78. The Hall–Kier alpha value is -3.01. The lowest BCUT2D eigenvalue weighted by Crippen LogP contribution is -2.11. The highest BCUT2D eigenvalue weighted by Crippen LogP contribution is 2.28. The van der Waals surface area contributed by atoms with Crippen LogP contribution in [0.25, 0.3) is 21.9 Å². The summed E-state index contributed by atoms with van der Waals surface area (Å²) < 4.78 is 5.61. The first-order chi connectivity index (χ1) is 10.7. The van der Waals surface area contributed by atoms with Crippen LogP contribution in [0.5, 0.6) is 0 Å². The highest BCUT2D eigenvalue weighted by molar-refractivity contribution is 6.09. The molecule has 4 heteroatoms. The lowest BCUT2D eigenvalue weighted by molar-refractivity contribution is 0.0998. The summed E-state index contributed by atoms with van der Waals surface area (Å²) in [6.07, 6.45) is 0. The number of hydrogen-bond acceptors (Lipinski definition) is 2. The second kappa shape index (κ2) is 4.77. The molecule has 4 rings (SSSR count). The molecule has 22 heavy (non-hydrogen) atoms. The predicted molar refractivity (Wildman–Crippen MR) is 87.2 cm³/mol. The van der Waals surface area contributed by atoms with E-state index in [9.17, 15) is 4.79 Å². The van der Waals surface area contributed by atoms with E-state index in [1.165, 1.54) is 0 Å². The minimum Gasteiger partial charge on any atom is -0.451 e. The SMILES string of the molecule is Cc1[nH]c2ccccc2c1NC(=O)c1cc2ccccc2o1. The summed E-state index contributed by atoms with van der Waals surface area (Å²) in [5.74, 6) is 0.0648. The Morgan fingerprint density at radius 2 is 1.86 bits per heavy atom. The van der Waals surface area contributed by atoms with Crippen LogP contribution >= 0.6 is 0 Å². The predicted octanol–water partition coefficient (Wildman–Crippen LogP) is 4.47. The van der Waals surface area contributed by atoms with Gasteiger partial charge >= 0.3 is 0 Å². The number of fused-ring (bicyclic) bond motifs is 2. The van der Waals surface area contributed by atoms with Crippen LogP contribution in [0, 0.1) is 6.92 Å². The zero-order valence-electron chi connectivity index (χ0n) is 12.0. The number of amides is 1. The first-order valence-corrected chi connectivity index (χ1v) is 7.09. The number of carbonyl (C=O) groups excluding carboxylic acids is 1. The van der Waals surface area contributed by atoms with Crippen molar-refractivity contribution in [3.05, 3.63) is 66.1 Å². The molecule has 4 nitrogen and oxygen atoms in total. The van der Waals surface area contributed by atoms with Gasteiger partial charge in [0.15, 0.2) is 5.76 Å². The molecule has 0 saturated carbocycles. The summed E-state index contributed by atoms with van der Waals surface area (Å²) in [4.78, 5) is 15.7. The third-order valence-corrected chi connectivity index (χ3v) is 3.78. The van der Waals surface area contributed by atoms with Gasteiger partial charge in [-0.15, -0.1) is 0 Å². The molecule has 0 aliphatic heterocycles. The number of benzene rings is 2. The van der Waals surface area contributed by atoms with Gasteiger partial charge in [0.1, 0.15) is 5.58 Å². The number of aromatic amines is 1. The summed E-state index contributed by atoms with van der Waals surface area (Å²) in [5.41, 5.74) is 3.43. The van der Waals surface area contributed by atoms with E-state index in [0.29, 0.717) is 11.3 Å². The Bertz CT molecular complexity index is 962. The van der Waals surface area contributed by atoms with Gasteiger partial charge in [-0.25, -0.2) is 0 Å². The van der Waals surface area contributed by atoms with Crippen molar-refractivity contribution < 1.29 is 9.21 Å². The van der Waals surface area contributed by atoms with Gasteiger partial charge in [0, 0.05) is 22.0 Å². The van der Waals surface area contributed by atoms with Crippen molar-refractivity contribution in [3.8, 4) is 0 Å². The molecule has 108 valence electrons. The molecule has 0 radical (unpaired) electrons. The average Bonchev–Trinajstić information content (AvgIpc) is 3.09. The van der Waals surface area contributed by atoms with E-state index in [1.54, 1.807) is 6.07 Å². The number of H-pyrrole nitrogens is 1. The Morgan fingerprint density at radius 3 is 2.73 bits per heavy atom. The molecular weight excluding hydrogens is 276 g/mol. The molecule has 2 heterocycles. The maximum absolute atomic E-state index is 12.5. The van der Waals surface area contributed by atoms with Gasteiger partial charge < -0.3 is 14.7 Å². The van der Waals surface area contributed by atoms with Crippen LogP contribution in [0.4, 0.5) is 5.69 Å². The second-order valence-corrected chi connectivity index (χ2v) is 5.27. The molecule has 0 atom stereocenters. The fourth-order valence-corrected chi connectivity index (χ4v) is 2.71. The van der Waals surface area contributed by atoms with Crippen LogP contribution in [0.15, 0.2) is 59.0 Å². The van der Waals surface area contributed by atoms with Gasteiger partial charge in [-0.1, -0.05) is 36.4 Å². The fraction of sp³-hybridized carbons (Fsp3) is 0.0556. The molecule has 4 aromatic rings. The van der Waals surface area contributed by atoms with Crippen molar-refractivity contribution in [2.45, 2.75) is 6.92 Å². The minimum atomic E-state index is -0.246. The third kappa shape index (κ3) is 1.97. The zero-order valence-corrected chi connectivity index (χ0v) is 12.0. The van der Waals surface area contributed by atoms with E-state index in [0.717, 1.165) is 27.7 Å². The molecular formula is C18H14N2O2. The number of para-hydroxylation sites is 2. The van der Waals surface area contributed by atoms with Crippen molar-refractivity contribution in [2.24, 2.45) is 0 Å². The summed E-state index contributed by atoms with van der Waals surface area (Å²) >= 11 is 0. The van der Waals surface area contributed by atoms with E-state index in [4.69, 9.17) is 4.42 Å². The summed E-state index contributed by atoms with van der Waals surface area (Å²) in [6, 6.07) is 17.2. The zero-order chi connectivity index (χ0) is 15.1. The molecule has 0 unspecified atom stereocenters. The summed E-state index contributed by atoms with van der Waals surface area (Å²) in [6.45, 7) is 1.94. The number of aryl methyl sites for hydroxylation is 1. The summed E-state index contributed by atoms with van der Waals surface area (Å²) in [7, 11) is 0. The summed E-state index contributed by atoms with van der Waals surface area (Å²) in [5, 5.41) is 4.86. The van der Waals surface area contributed by atoms with Crippen LogP contribution in [0.3, 0.4) is 0 Å². The van der Waals surface area contributed by atoms with E-state index in [1.807, 2.05) is 55.5 Å². The van der Waals surface area contributed by atoms with Crippen LogP contribution in [0.1, 0.15) is 16.2 Å². The lowest BCUT2D eigenvalue weighted by Gasteiger charge is -2.03. The van der Waals surface area contributed by atoms with Gasteiger partial charge in [0.05, 0.1) is 5.69 Å². The number of anilines is 1. The van der Waals surface area contributed by atoms with Crippen molar-refractivity contribution >= 4 is 33.5 Å². The number of furan rings is 1. The van der Waals surface area contributed by atoms with Gasteiger partial charge in [0.25, 0.3) is 5.91 Å². The van der Waals surface area contributed by atoms with E-state index in [-0.39, 0.29) is 5.91 Å². The first kappa shape index (κ1) is 12.7. The van der Waals surface area contributed by atoms with E-state index < -0.39 is 0 Å². The van der Waals surface area contributed by atoms with Crippen molar-refractivity contribution in [3.63, 3.8) is 0 Å². The number of aromatic nitrogens is 1. The second-order valence-electron chi connectivity index (χ2n) is 5.27. The standard InChI is InChI=1S/C18H14N2O2/c1-11-17(13-7-3-4-8-14(13)19-11)20-18(21)16-10-12-6-2-5-9-15(12)22-16/h2-10,19H,1H3,(H,20,21). The van der Waals surface area contributed by atoms with Gasteiger partial charge in [-0.05, 0) is 25.1 Å². The van der Waals surface area contributed by atoms with Crippen LogP contribution < -0.4 is 5.32 Å². The first-order valence-electron chi connectivity index (χ1n) is 7.09. The number of carbonyl (C=O) groups is 1. The molecule has 0 fully saturated rings. The van der Waals surface area contributed by atoms with Crippen molar-refractivity contribution in [2.75, 3.05) is 5.32 Å². The molecule has 0 aliphatic rings. The van der Waals surface area contributed by atoms with Gasteiger partial charge in [-0.3, -0.25) is 4.79 Å². The average molecular weight is 290 g/mol. The molecule has 2 aromatic carbocycles. The number of rotatable bonds is 2. The van der Waals surface area contributed by atoms with Crippen LogP contribution in [-0.2, 0) is 0 Å². The molecule has 2 aromatic heterocycles. The van der Waals surface area contributed by atoms with E-state index in [2.05, 4.69) is 10.3 Å². The topological polar surface area (TPSA) is 58.0 Å². The van der Waals surface area contributed by atoms with Gasteiger partial charge in [-0.2, -0.15) is 0 Å². The lowest BCUT2D eigenvalue weighted by atomic mass is 10.2. The molecule has 0 bridgehead atoms. The number of nitrogens with one attached hydrogen (secondary N) is 2. The Morgan fingerprint density at radius 1 is 1.09 bits per heavy atom. The fourth-order valence-electron chi connectivity index (χ4n) is 2.71. The quantitative estimate of drug-likeness (QED) is 0.572. The highest BCUT2D eigenvalue weighted by atomic mass is 16.3. The molecule has 2 N–H and O–H groups in total. The normalized spacial score (nSPS) is 11.1. The van der Waals surface area contributed by atoms with Crippen molar-refractivity contribution in [1.29, 1.82) is 0 Å².